The van der Waals surface area contributed by atoms with Gasteiger partial charge in [-0.15, -0.1) is 0 Å². The van der Waals surface area contributed by atoms with E-state index >= 15 is 0 Å². The molecule has 0 amide bonds. The van der Waals surface area contributed by atoms with E-state index in [4.69, 9.17) is 0 Å². The van der Waals surface area contributed by atoms with Crippen LogP contribution in [-0.4, -0.2) is 19.5 Å². The maximum Gasteiger partial charge on any atom is 0.0827 e. The lowest BCUT2D eigenvalue weighted by atomic mass is 10.0. The van der Waals surface area contributed by atoms with Crippen molar-refractivity contribution in [2.45, 2.75) is 59.2 Å². The van der Waals surface area contributed by atoms with Gasteiger partial charge in [0, 0.05) is 18.6 Å². The molecule has 0 fully saturated rings. The second kappa shape index (κ2) is 6.94. The van der Waals surface area contributed by atoms with Gasteiger partial charge in [0.1, 0.15) is 0 Å². The monoisotopic (exact) mass is 289 g/mol. The Hall–Kier alpha value is -1.55. The summed E-state index contributed by atoms with van der Waals surface area (Å²) in [4.78, 5) is 0. The van der Waals surface area contributed by atoms with Gasteiger partial charge in [0.2, 0.25) is 0 Å². The lowest BCUT2D eigenvalue weighted by molar-refractivity contribution is 0.127. The van der Waals surface area contributed by atoms with Crippen LogP contribution < -0.4 is 0 Å². The number of aliphatic hydroxyl groups is 1. The molecule has 0 radical (unpaired) electrons. The Balaban J connectivity index is 2.05. The zero-order chi connectivity index (χ0) is 15.4. The summed E-state index contributed by atoms with van der Waals surface area (Å²) >= 11 is 0. The van der Waals surface area contributed by atoms with Crippen LogP contribution in [-0.2, 0) is 6.54 Å². The van der Waals surface area contributed by atoms with Gasteiger partial charge in [-0.1, -0.05) is 27.7 Å². The first-order valence-electron chi connectivity index (χ1n) is 7.92. The van der Waals surface area contributed by atoms with E-state index in [0.29, 0.717) is 6.04 Å². The van der Waals surface area contributed by atoms with E-state index in [1.807, 2.05) is 32.3 Å². The molecule has 2 rings (SSSR count). The van der Waals surface area contributed by atoms with Crippen LogP contribution >= 0.6 is 0 Å². The Morgan fingerprint density at radius 1 is 1.14 bits per heavy atom. The number of hydrogen-bond acceptors (Lipinski definition) is 2. The first-order chi connectivity index (χ1) is 10.0. The average molecular weight is 289 g/mol. The normalized spacial score (nSPS) is 13.3. The van der Waals surface area contributed by atoms with E-state index < -0.39 is 6.10 Å². The maximum absolute atomic E-state index is 10.1. The number of rotatable bonds is 7. The summed E-state index contributed by atoms with van der Waals surface area (Å²) in [6.45, 7) is 9.19. The molecule has 2 aromatic heterocycles. The Morgan fingerprint density at radius 2 is 1.86 bits per heavy atom. The molecule has 0 aliphatic carbocycles. The Kier molecular flexibility index (Phi) is 5.23. The van der Waals surface area contributed by atoms with Crippen molar-refractivity contribution >= 4 is 0 Å². The molecule has 0 aromatic carbocycles. The molecular weight excluding hydrogens is 262 g/mol. The fourth-order valence-electron chi connectivity index (χ4n) is 2.63. The first kappa shape index (κ1) is 15.8. The summed E-state index contributed by atoms with van der Waals surface area (Å²) in [5.41, 5.74) is 2.03. The number of aromatic nitrogens is 3. The number of aliphatic hydroxyl groups excluding tert-OH is 1. The molecule has 0 saturated carbocycles. The van der Waals surface area contributed by atoms with E-state index in [0.717, 1.165) is 30.6 Å². The van der Waals surface area contributed by atoms with Crippen molar-refractivity contribution in [2.75, 3.05) is 0 Å². The van der Waals surface area contributed by atoms with Crippen molar-refractivity contribution in [2.24, 2.45) is 5.92 Å². The highest BCUT2D eigenvalue weighted by Gasteiger charge is 2.13. The zero-order valence-corrected chi connectivity index (χ0v) is 13.5. The van der Waals surface area contributed by atoms with Crippen LogP contribution in [0.3, 0.4) is 0 Å². The molecule has 1 N–H and O–H groups in total. The van der Waals surface area contributed by atoms with Gasteiger partial charge in [0.15, 0.2) is 0 Å². The lowest BCUT2D eigenvalue weighted by Crippen LogP contribution is -2.08. The molecule has 2 heterocycles. The third-order valence-electron chi connectivity index (χ3n) is 4.07. The van der Waals surface area contributed by atoms with Crippen molar-refractivity contribution in [3.63, 3.8) is 0 Å². The van der Waals surface area contributed by atoms with Crippen molar-refractivity contribution < 1.29 is 5.11 Å². The van der Waals surface area contributed by atoms with Crippen LogP contribution in [0.2, 0.25) is 0 Å². The third kappa shape index (κ3) is 3.76. The Morgan fingerprint density at radius 3 is 2.48 bits per heavy atom. The molecule has 4 heteroatoms. The van der Waals surface area contributed by atoms with Crippen LogP contribution in [0.5, 0.6) is 0 Å². The van der Waals surface area contributed by atoms with E-state index in [1.54, 1.807) is 0 Å². The second-order valence-corrected chi connectivity index (χ2v) is 6.06. The zero-order valence-electron chi connectivity index (χ0n) is 13.5. The van der Waals surface area contributed by atoms with Crippen molar-refractivity contribution in [3.8, 4) is 0 Å². The molecule has 0 spiro atoms. The molecule has 4 nitrogen and oxygen atoms in total. The summed E-state index contributed by atoms with van der Waals surface area (Å²) < 4.78 is 4.16. The molecule has 0 bridgehead atoms. The molecule has 0 aliphatic rings. The van der Waals surface area contributed by atoms with Crippen molar-refractivity contribution in [1.29, 1.82) is 0 Å². The largest absolute Gasteiger partial charge is 0.388 e. The topological polar surface area (TPSA) is 43.0 Å². The van der Waals surface area contributed by atoms with Gasteiger partial charge in [0.05, 0.1) is 24.4 Å². The quantitative estimate of drug-likeness (QED) is 0.843. The first-order valence-corrected chi connectivity index (χ1v) is 7.92. The molecular formula is C17H27N3O. The van der Waals surface area contributed by atoms with E-state index in [-0.39, 0.29) is 5.92 Å². The van der Waals surface area contributed by atoms with E-state index in [2.05, 4.69) is 40.5 Å². The standard InChI is InChI=1S/C17H27N3O/c1-5-16(6-2)20-10-8-15(18-20)12-19-9-7-14(11-19)17(21)13(3)4/h7-11,13,16-17,21H,5-6,12H2,1-4H3. The average Bonchev–Trinajstić information content (AvgIpc) is 3.10. The van der Waals surface area contributed by atoms with Gasteiger partial charge in [-0.2, -0.15) is 5.10 Å². The minimum Gasteiger partial charge on any atom is -0.388 e. The summed E-state index contributed by atoms with van der Waals surface area (Å²) in [6.07, 6.45) is 7.91. The summed E-state index contributed by atoms with van der Waals surface area (Å²) in [7, 11) is 0. The van der Waals surface area contributed by atoms with Gasteiger partial charge in [-0.05, 0) is 36.5 Å². The van der Waals surface area contributed by atoms with Crippen LogP contribution in [0, 0.1) is 5.92 Å². The molecule has 1 unspecified atom stereocenters. The third-order valence-corrected chi connectivity index (χ3v) is 4.07. The van der Waals surface area contributed by atoms with Crippen LogP contribution in [0.4, 0.5) is 0 Å². The molecule has 1 atom stereocenters. The van der Waals surface area contributed by atoms with Crippen LogP contribution in [0.15, 0.2) is 30.7 Å². The highest BCUT2D eigenvalue weighted by molar-refractivity contribution is 5.15. The van der Waals surface area contributed by atoms with Crippen molar-refractivity contribution in [3.05, 3.63) is 42.0 Å². The second-order valence-electron chi connectivity index (χ2n) is 6.06. The SMILES string of the molecule is CCC(CC)n1ccc(Cn2ccc(C(O)C(C)C)c2)n1. The maximum atomic E-state index is 10.1. The fourth-order valence-corrected chi connectivity index (χ4v) is 2.63. The molecule has 21 heavy (non-hydrogen) atoms. The van der Waals surface area contributed by atoms with Gasteiger partial charge in [-0.25, -0.2) is 0 Å². The fraction of sp³-hybridized carbons (Fsp3) is 0.588. The number of nitrogens with zero attached hydrogens (tertiary/aromatic N) is 3. The predicted octanol–water partition coefficient (Wildman–Crippen LogP) is 3.78. The van der Waals surface area contributed by atoms with Gasteiger partial charge < -0.3 is 9.67 Å². The van der Waals surface area contributed by atoms with E-state index in [1.165, 1.54) is 0 Å². The van der Waals surface area contributed by atoms with Crippen LogP contribution in [0.25, 0.3) is 0 Å². The van der Waals surface area contributed by atoms with Gasteiger partial charge in [0.25, 0.3) is 0 Å². The molecule has 0 saturated heterocycles. The summed E-state index contributed by atoms with van der Waals surface area (Å²) in [6, 6.07) is 4.56. The minimum absolute atomic E-state index is 0.231. The number of hydrogen-bond donors (Lipinski definition) is 1. The molecule has 2 aromatic rings. The Labute approximate surface area is 127 Å². The summed E-state index contributed by atoms with van der Waals surface area (Å²) in [5.74, 6) is 0.231. The lowest BCUT2D eigenvalue weighted by Gasteiger charge is -2.12. The summed E-state index contributed by atoms with van der Waals surface area (Å²) in [5, 5.41) is 14.8. The highest BCUT2D eigenvalue weighted by atomic mass is 16.3. The van der Waals surface area contributed by atoms with Crippen LogP contribution in [0.1, 0.15) is 63.9 Å². The predicted molar refractivity (Wildman–Crippen MR) is 85.2 cm³/mol. The van der Waals surface area contributed by atoms with E-state index in [9.17, 15) is 5.11 Å². The smallest absolute Gasteiger partial charge is 0.0827 e. The Bertz CT molecular complexity index is 514. The molecule has 116 valence electrons. The van der Waals surface area contributed by atoms with Gasteiger partial charge >= 0.3 is 0 Å². The highest BCUT2D eigenvalue weighted by Crippen LogP contribution is 2.22. The van der Waals surface area contributed by atoms with Gasteiger partial charge in [-0.3, -0.25) is 4.68 Å². The van der Waals surface area contributed by atoms with Crippen molar-refractivity contribution in [1.82, 2.24) is 14.3 Å². The molecule has 0 aliphatic heterocycles. The minimum atomic E-state index is -0.395.